The Morgan fingerprint density at radius 1 is 0.727 bits per heavy atom. The molecule has 1 aromatic heterocycles. The molecule has 0 unspecified atom stereocenters. The third-order valence-electron chi connectivity index (χ3n) is 5.57. The van der Waals surface area contributed by atoms with Gasteiger partial charge in [0.05, 0.1) is 0 Å². The Hall–Kier alpha value is -4.39. The summed E-state index contributed by atoms with van der Waals surface area (Å²) in [6.07, 6.45) is 0. The molecule has 0 radical (unpaired) electrons. The fourth-order valence-corrected chi connectivity index (χ4v) is 3.90. The van der Waals surface area contributed by atoms with Gasteiger partial charge in [-0.25, -0.2) is 0 Å². The van der Waals surface area contributed by atoms with Crippen molar-refractivity contribution in [1.82, 2.24) is 5.32 Å². The van der Waals surface area contributed by atoms with E-state index in [4.69, 9.17) is 23.4 Å². The number of furan rings is 1. The smallest absolute Gasteiger partial charge is 0.287 e. The predicted octanol–water partition coefficient (Wildman–Crippen LogP) is 5.00. The molecule has 1 N–H and O–H groups in total. The summed E-state index contributed by atoms with van der Waals surface area (Å²) in [5.74, 6) is 3.12. The van der Waals surface area contributed by atoms with Crippen LogP contribution in [0.1, 0.15) is 16.1 Å². The van der Waals surface area contributed by atoms with Crippen LogP contribution in [-0.4, -0.2) is 19.5 Å². The van der Waals surface area contributed by atoms with Gasteiger partial charge in [0.15, 0.2) is 28.8 Å². The van der Waals surface area contributed by atoms with E-state index in [-0.39, 0.29) is 25.3 Å². The van der Waals surface area contributed by atoms with Gasteiger partial charge >= 0.3 is 0 Å². The van der Waals surface area contributed by atoms with Crippen LogP contribution in [0, 0.1) is 0 Å². The summed E-state index contributed by atoms with van der Waals surface area (Å²) < 4.78 is 28.0. The standard InChI is InChI=1S/C26H19NO6/c28-26(27-13-16-4-2-1-3-5-16)24-12-19(17-6-8-20-22(10-17)31-14-29-20)25(33-24)18-7-9-21-23(11-18)32-15-30-21/h1-12H,13-15H2,(H,27,28). The molecule has 2 aliphatic rings. The summed E-state index contributed by atoms with van der Waals surface area (Å²) in [6.45, 7) is 0.768. The second-order valence-corrected chi connectivity index (χ2v) is 7.66. The van der Waals surface area contributed by atoms with Crippen molar-refractivity contribution < 1.29 is 28.2 Å². The van der Waals surface area contributed by atoms with Crippen LogP contribution in [-0.2, 0) is 6.54 Å². The highest BCUT2D eigenvalue weighted by Gasteiger charge is 2.23. The van der Waals surface area contributed by atoms with Gasteiger partial charge in [0.25, 0.3) is 5.91 Å². The first kappa shape index (κ1) is 19.3. The monoisotopic (exact) mass is 441 g/mol. The van der Waals surface area contributed by atoms with E-state index < -0.39 is 0 Å². The molecule has 1 amide bonds. The first-order valence-corrected chi connectivity index (χ1v) is 10.5. The molecular formula is C26H19NO6. The third kappa shape index (κ3) is 3.63. The Balaban J connectivity index is 1.38. The van der Waals surface area contributed by atoms with Gasteiger partial charge < -0.3 is 28.7 Å². The number of rotatable bonds is 5. The van der Waals surface area contributed by atoms with E-state index in [1.54, 1.807) is 6.07 Å². The first-order valence-electron chi connectivity index (χ1n) is 10.5. The van der Waals surface area contributed by atoms with Crippen molar-refractivity contribution in [2.24, 2.45) is 0 Å². The van der Waals surface area contributed by atoms with Gasteiger partial charge in [0.1, 0.15) is 5.76 Å². The second kappa shape index (κ2) is 7.94. The van der Waals surface area contributed by atoms with E-state index >= 15 is 0 Å². The van der Waals surface area contributed by atoms with Gasteiger partial charge in [0, 0.05) is 17.7 Å². The lowest BCUT2D eigenvalue weighted by Crippen LogP contribution is -2.22. The predicted molar refractivity (Wildman–Crippen MR) is 119 cm³/mol. The minimum Gasteiger partial charge on any atom is -0.454 e. The molecule has 3 aromatic carbocycles. The molecule has 164 valence electrons. The van der Waals surface area contributed by atoms with Crippen molar-refractivity contribution in [3.8, 4) is 45.4 Å². The molecule has 0 saturated carbocycles. The van der Waals surface area contributed by atoms with Crippen LogP contribution >= 0.6 is 0 Å². The van der Waals surface area contributed by atoms with Crippen LogP contribution in [0.2, 0.25) is 0 Å². The average Bonchev–Trinajstić information content (AvgIpc) is 3.61. The Bertz CT molecular complexity index is 1270. The lowest BCUT2D eigenvalue weighted by atomic mass is 10.0. The number of ether oxygens (including phenoxy) is 4. The molecule has 33 heavy (non-hydrogen) atoms. The van der Waals surface area contributed by atoms with E-state index in [9.17, 15) is 4.79 Å². The molecule has 7 nitrogen and oxygen atoms in total. The molecule has 0 aliphatic carbocycles. The topological polar surface area (TPSA) is 79.2 Å². The molecule has 0 bridgehead atoms. The lowest BCUT2D eigenvalue weighted by molar-refractivity contribution is 0.0924. The van der Waals surface area contributed by atoms with Crippen LogP contribution in [0.5, 0.6) is 23.0 Å². The molecular weight excluding hydrogens is 422 g/mol. The summed E-state index contributed by atoms with van der Waals surface area (Å²) in [5, 5.41) is 2.92. The fraction of sp³-hybridized carbons (Fsp3) is 0.115. The molecule has 0 saturated heterocycles. The first-order chi connectivity index (χ1) is 16.2. The number of benzene rings is 3. The third-order valence-corrected chi connectivity index (χ3v) is 5.57. The zero-order valence-electron chi connectivity index (χ0n) is 17.5. The minimum absolute atomic E-state index is 0.180. The molecule has 6 rings (SSSR count). The molecule has 0 spiro atoms. The Morgan fingerprint density at radius 3 is 2.09 bits per heavy atom. The lowest BCUT2D eigenvalue weighted by Gasteiger charge is -2.06. The summed E-state index contributed by atoms with van der Waals surface area (Å²) >= 11 is 0. The normalized spacial score (nSPS) is 13.2. The van der Waals surface area contributed by atoms with Crippen molar-refractivity contribution in [3.63, 3.8) is 0 Å². The number of nitrogens with one attached hydrogen (secondary N) is 1. The van der Waals surface area contributed by atoms with E-state index in [0.29, 0.717) is 35.3 Å². The SMILES string of the molecule is O=C(NCc1ccccc1)c1cc(-c2ccc3c(c2)OCO3)c(-c2ccc3c(c2)OCO3)o1. The number of amides is 1. The van der Waals surface area contributed by atoms with Gasteiger partial charge in [-0.2, -0.15) is 0 Å². The number of fused-ring (bicyclic) bond motifs is 2. The summed E-state index contributed by atoms with van der Waals surface area (Å²) in [4.78, 5) is 12.9. The largest absolute Gasteiger partial charge is 0.454 e. The van der Waals surface area contributed by atoms with Gasteiger partial charge in [-0.15, -0.1) is 0 Å². The van der Waals surface area contributed by atoms with E-state index in [1.165, 1.54) is 0 Å². The Kier molecular flexibility index (Phi) is 4.65. The molecule has 0 fully saturated rings. The fourth-order valence-electron chi connectivity index (χ4n) is 3.90. The van der Waals surface area contributed by atoms with Crippen molar-refractivity contribution in [3.05, 3.63) is 84.1 Å². The van der Waals surface area contributed by atoms with Crippen molar-refractivity contribution >= 4 is 5.91 Å². The van der Waals surface area contributed by atoms with Crippen LogP contribution in [0.15, 0.2) is 77.2 Å². The van der Waals surface area contributed by atoms with Crippen LogP contribution in [0.4, 0.5) is 0 Å². The highest BCUT2D eigenvalue weighted by atomic mass is 16.7. The summed E-state index contributed by atoms with van der Waals surface area (Å²) in [5.41, 5.74) is 3.38. The Morgan fingerprint density at radius 2 is 1.36 bits per heavy atom. The maximum Gasteiger partial charge on any atom is 0.287 e. The number of carbonyl (C=O) groups is 1. The van der Waals surface area contributed by atoms with E-state index in [2.05, 4.69) is 5.32 Å². The van der Waals surface area contributed by atoms with Gasteiger partial charge in [0.2, 0.25) is 13.6 Å². The van der Waals surface area contributed by atoms with Crippen molar-refractivity contribution in [2.75, 3.05) is 13.6 Å². The minimum atomic E-state index is -0.298. The van der Waals surface area contributed by atoms with Crippen molar-refractivity contribution in [1.29, 1.82) is 0 Å². The van der Waals surface area contributed by atoms with Crippen molar-refractivity contribution in [2.45, 2.75) is 6.54 Å². The summed E-state index contributed by atoms with van der Waals surface area (Å²) in [7, 11) is 0. The molecule has 7 heteroatoms. The average molecular weight is 441 g/mol. The van der Waals surface area contributed by atoms with Gasteiger partial charge in [-0.1, -0.05) is 36.4 Å². The number of hydrogen-bond donors (Lipinski definition) is 1. The van der Waals surface area contributed by atoms with E-state index in [0.717, 1.165) is 22.3 Å². The zero-order chi connectivity index (χ0) is 22.2. The highest BCUT2D eigenvalue weighted by molar-refractivity contribution is 5.95. The second-order valence-electron chi connectivity index (χ2n) is 7.66. The summed E-state index contributed by atoms with van der Waals surface area (Å²) in [6, 6.07) is 22.7. The number of hydrogen-bond acceptors (Lipinski definition) is 6. The van der Waals surface area contributed by atoms with E-state index in [1.807, 2.05) is 66.7 Å². The molecule has 2 aliphatic heterocycles. The maximum absolute atomic E-state index is 12.9. The quantitative estimate of drug-likeness (QED) is 0.470. The number of carbonyl (C=O) groups excluding carboxylic acids is 1. The van der Waals surface area contributed by atoms with Crippen LogP contribution in [0.25, 0.3) is 22.5 Å². The van der Waals surface area contributed by atoms with Crippen LogP contribution < -0.4 is 24.3 Å². The molecule has 3 heterocycles. The van der Waals surface area contributed by atoms with Crippen LogP contribution in [0.3, 0.4) is 0 Å². The Labute approximate surface area is 189 Å². The maximum atomic E-state index is 12.9. The zero-order valence-corrected chi connectivity index (χ0v) is 17.5. The molecule has 4 aromatic rings. The highest BCUT2D eigenvalue weighted by Crippen LogP contribution is 2.43. The van der Waals surface area contributed by atoms with Gasteiger partial charge in [-0.3, -0.25) is 4.79 Å². The molecule has 0 atom stereocenters. The van der Waals surface area contributed by atoms with Gasteiger partial charge in [-0.05, 0) is 47.5 Å².